The van der Waals surface area contributed by atoms with E-state index in [2.05, 4.69) is 4.98 Å². The van der Waals surface area contributed by atoms with Gasteiger partial charge in [0.2, 0.25) is 0 Å². The van der Waals surface area contributed by atoms with E-state index in [9.17, 15) is 14.4 Å². The van der Waals surface area contributed by atoms with Crippen LogP contribution in [0.4, 0.5) is 0 Å². The molecule has 0 amide bonds. The van der Waals surface area contributed by atoms with Crippen molar-refractivity contribution in [2.75, 3.05) is 6.61 Å². The molecule has 29 heavy (non-hydrogen) atoms. The van der Waals surface area contributed by atoms with E-state index in [-0.39, 0.29) is 18.7 Å². The molecule has 4 rings (SSSR count). The zero-order valence-electron chi connectivity index (χ0n) is 16.1. The molecule has 0 saturated heterocycles. The highest BCUT2D eigenvalue weighted by Crippen LogP contribution is 2.27. The number of carbonyl (C=O) groups is 1. The molecule has 3 heterocycles. The molecule has 0 radical (unpaired) electrons. The number of aromatic nitrogens is 2. The number of rotatable bonds is 4. The highest BCUT2D eigenvalue weighted by Gasteiger charge is 2.20. The van der Waals surface area contributed by atoms with E-state index in [1.54, 1.807) is 19.9 Å². The first kappa shape index (κ1) is 19.1. The first-order valence-electron chi connectivity index (χ1n) is 9.08. The van der Waals surface area contributed by atoms with Gasteiger partial charge in [0.15, 0.2) is 0 Å². The van der Waals surface area contributed by atoms with Gasteiger partial charge < -0.3 is 9.15 Å². The number of thiophene rings is 1. The lowest BCUT2D eigenvalue weighted by atomic mass is 10.1. The fraction of sp³-hybridized carbons (Fsp3) is 0.238. The first-order chi connectivity index (χ1) is 13.9. The third kappa shape index (κ3) is 3.36. The Morgan fingerprint density at radius 2 is 2.03 bits per heavy atom. The molecule has 8 heteroatoms. The van der Waals surface area contributed by atoms with Crippen LogP contribution in [0.3, 0.4) is 0 Å². The second kappa shape index (κ2) is 7.29. The molecule has 0 saturated carbocycles. The van der Waals surface area contributed by atoms with Gasteiger partial charge in [-0.3, -0.25) is 9.36 Å². The van der Waals surface area contributed by atoms with Crippen LogP contribution in [0.5, 0.6) is 0 Å². The molecule has 0 atom stereocenters. The van der Waals surface area contributed by atoms with Gasteiger partial charge in [-0.05, 0) is 43.5 Å². The fourth-order valence-corrected chi connectivity index (χ4v) is 4.35. The van der Waals surface area contributed by atoms with Crippen molar-refractivity contribution in [1.29, 1.82) is 0 Å². The number of carbonyl (C=O) groups excluding carboxylic acids is 1. The number of fused-ring (bicyclic) bond motifs is 2. The van der Waals surface area contributed by atoms with Gasteiger partial charge in [-0.25, -0.2) is 14.6 Å². The van der Waals surface area contributed by atoms with Crippen LogP contribution >= 0.6 is 11.3 Å². The van der Waals surface area contributed by atoms with Crippen molar-refractivity contribution >= 4 is 38.5 Å². The predicted molar refractivity (Wildman–Crippen MR) is 111 cm³/mol. The smallest absolute Gasteiger partial charge is 0.348 e. The lowest BCUT2D eigenvalue weighted by Crippen LogP contribution is -2.22. The highest BCUT2D eigenvalue weighted by molar-refractivity contribution is 7.20. The number of hydrogen-bond acceptors (Lipinski definition) is 7. The summed E-state index contributed by atoms with van der Waals surface area (Å²) < 4.78 is 11.8. The Hall–Kier alpha value is -3.26. The van der Waals surface area contributed by atoms with E-state index in [4.69, 9.17) is 9.15 Å². The van der Waals surface area contributed by atoms with Gasteiger partial charge in [-0.1, -0.05) is 12.1 Å². The molecule has 0 aliphatic heterocycles. The van der Waals surface area contributed by atoms with E-state index in [0.29, 0.717) is 31.8 Å². The number of ether oxygens (including phenoxy) is 1. The average molecular weight is 410 g/mol. The Morgan fingerprint density at radius 1 is 1.24 bits per heavy atom. The molecule has 3 aromatic heterocycles. The van der Waals surface area contributed by atoms with Crippen LogP contribution in [0.1, 0.15) is 33.3 Å². The standard InChI is InChI=1S/C21H18N2O5S/c1-4-27-21(26)18-12(3)17-19(29-18)22-10-23(20(17)25)9-13-8-16(24)28-15-7-11(2)5-6-14(13)15/h5-8,10H,4,9H2,1-3H3. The maximum atomic E-state index is 13.1. The topological polar surface area (TPSA) is 91.4 Å². The quantitative estimate of drug-likeness (QED) is 0.378. The van der Waals surface area contributed by atoms with Gasteiger partial charge in [-0.15, -0.1) is 11.3 Å². The number of hydrogen-bond donors (Lipinski definition) is 0. The van der Waals surface area contributed by atoms with Gasteiger partial charge in [0, 0.05) is 11.5 Å². The molecule has 4 aromatic rings. The van der Waals surface area contributed by atoms with E-state index >= 15 is 0 Å². The second-order valence-electron chi connectivity index (χ2n) is 6.72. The lowest BCUT2D eigenvalue weighted by Gasteiger charge is -2.08. The number of esters is 1. The van der Waals surface area contributed by atoms with E-state index in [1.807, 2.05) is 19.1 Å². The van der Waals surface area contributed by atoms with Crippen LogP contribution in [0.25, 0.3) is 21.2 Å². The molecule has 0 aliphatic rings. The molecule has 0 spiro atoms. The summed E-state index contributed by atoms with van der Waals surface area (Å²) in [5.74, 6) is -0.457. The van der Waals surface area contributed by atoms with Crippen molar-refractivity contribution in [1.82, 2.24) is 9.55 Å². The summed E-state index contributed by atoms with van der Waals surface area (Å²) >= 11 is 1.14. The molecule has 0 N–H and O–H groups in total. The predicted octanol–water partition coefficient (Wildman–Crippen LogP) is 3.41. The molecule has 0 bridgehead atoms. The van der Waals surface area contributed by atoms with Crippen molar-refractivity contribution in [2.24, 2.45) is 0 Å². The van der Waals surface area contributed by atoms with E-state index in [1.165, 1.54) is 17.0 Å². The van der Waals surface area contributed by atoms with Gasteiger partial charge in [0.25, 0.3) is 5.56 Å². The van der Waals surface area contributed by atoms with Crippen LogP contribution in [0.2, 0.25) is 0 Å². The van der Waals surface area contributed by atoms with Crippen molar-refractivity contribution in [3.63, 3.8) is 0 Å². The van der Waals surface area contributed by atoms with E-state index in [0.717, 1.165) is 22.3 Å². The third-order valence-electron chi connectivity index (χ3n) is 4.70. The maximum Gasteiger partial charge on any atom is 0.348 e. The zero-order chi connectivity index (χ0) is 20.7. The summed E-state index contributed by atoms with van der Waals surface area (Å²) in [6.07, 6.45) is 1.43. The van der Waals surface area contributed by atoms with Gasteiger partial charge in [-0.2, -0.15) is 0 Å². The molecular formula is C21H18N2O5S. The number of aryl methyl sites for hydroxylation is 2. The first-order valence-corrected chi connectivity index (χ1v) is 9.89. The molecular weight excluding hydrogens is 392 g/mol. The van der Waals surface area contributed by atoms with Gasteiger partial charge in [0.1, 0.15) is 15.3 Å². The van der Waals surface area contributed by atoms with Crippen molar-refractivity contribution in [3.05, 3.63) is 72.9 Å². The summed E-state index contributed by atoms with van der Waals surface area (Å²) in [6, 6.07) is 6.97. The maximum absolute atomic E-state index is 13.1. The monoisotopic (exact) mass is 410 g/mol. The minimum absolute atomic E-state index is 0.164. The Morgan fingerprint density at radius 3 is 2.79 bits per heavy atom. The number of benzene rings is 1. The second-order valence-corrected chi connectivity index (χ2v) is 7.72. The minimum Gasteiger partial charge on any atom is -0.462 e. The largest absolute Gasteiger partial charge is 0.462 e. The zero-order valence-corrected chi connectivity index (χ0v) is 17.0. The Labute approximate surface area is 169 Å². The Balaban J connectivity index is 1.84. The lowest BCUT2D eigenvalue weighted by molar-refractivity contribution is 0.0531. The summed E-state index contributed by atoms with van der Waals surface area (Å²) in [4.78, 5) is 42.4. The van der Waals surface area contributed by atoms with Gasteiger partial charge in [0.05, 0.1) is 24.9 Å². The fourth-order valence-electron chi connectivity index (χ4n) is 3.31. The molecule has 7 nitrogen and oxygen atoms in total. The van der Waals surface area contributed by atoms with Crippen LogP contribution in [-0.2, 0) is 11.3 Å². The number of nitrogens with zero attached hydrogens (tertiary/aromatic N) is 2. The molecule has 0 unspecified atom stereocenters. The summed E-state index contributed by atoms with van der Waals surface area (Å²) in [6.45, 7) is 5.78. The normalized spacial score (nSPS) is 11.3. The van der Waals surface area contributed by atoms with Crippen LogP contribution in [0.15, 0.2) is 44.6 Å². The Kier molecular flexibility index (Phi) is 4.79. The molecule has 1 aromatic carbocycles. The van der Waals surface area contributed by atoms with Crippen LogP contribution in [0, 0.1) is 13.8 Å². The van der Waals surface area contributed by atoms with E-state index < -0.39 is 11.6 Å². The van der Waals surface area contributed by atoms with Crippen LogP contribution < -0.4 is 11.2 Å². The molecule has 148 valence electrons. The average Bonchev–Trinajstić information content (AvgIpc) is 3.01. The van der Waals surface area contributed by atoms with Crippen molar-refractivity contribution in [2.45, 2.75) is 27.3 Å². The third-order valence-corrected chi connectivity index (χ3v) is 5.88. The Bertz CT molecular complexity index is 1380. The summed E-state index contributed by atoms with van der Waals surface area (Å²) in [5, 5.41) is 1.15. The van der Waals surface area contributed by atoms with Crippen LogP contribution in [-0.4, -0.2) is 22.1 Å². The minimum atomic E-state index is -0.475. The summed E-state index contributed by atoms with van der Waals surface area (Å²) in [5.41, 5.74) is 1.93. The van der Waals surface area contributed by atoms with Crippen molar-refractivity contribution in [3.8, 4) is 0 Å². The SMILES string of the molecule is CCOC(=O)c1sc2ncn(Cc3cc(=O)oc4cc(C)ccc34)c(=O)c2c1C. The molecule has 0 aliphatic carbocycles. The summed E-state index contributed by atoms with van der Waals surface area (Å²) in [7, 11) is 0. The highest BCUT2D eigenvalue weighted by atomic mass is 32.1. The van der Waals surface area contributed by atoms with Crippen molar-refractivity contribution < 1.29 is 13.9 Å². The van der Waals surface area contributed by atoms with Gasteiger partial charge >= 0.3 is 11.6 Å². The molecule has 0 fully saturated rings.